The third-order valence-corrected chi connectivity index (χ3v) is 3.42. The summed E-state index contributed by atoms with van der Waals surface area (Å²) in [6, 6.07) is 5.15. The molecular weight excluding hydrogens is 378 g/mol. The number of urea groups is 1. The molecule has 0 atom stereocenters. The second kappa shape index (κ2) is 7.49. The van der Waals surface area contributed by atoms with Gasteiger partial charge in [0.05, 0.1) is 5.56 Å². The van der Waals surface area contributed by atoms with Crippen LogP contribution in [0.2, 0.25) is 0 Å². The number of halogens is 2. The molecule has 0 saturated carbocycles. The minimum atomic E-state index is -0.182. The van der Waals surface area contributed by atoms with Gasteiger partial charge in [-0.1, -0.05) is 15.9 Å². The van der Waals surface area contributed by atoms with Gasteiger partial charge in [0, 0.05) is 36.1 Å². The van der Waals surface area contributed by atoms with E-state index in [1.807, 2.05) is 6.07 Å². The molecule has 19 heavy (non-hydrogen) atoms. The number of rotatable bonds is 4. The van der Waals surface area contributed by atoms with Gasteiger partial charge in [0.15, 0.2) is 0 Å². The van der Waals surface area contributed by atoms with Gasteiger partial charge in [0.2, 0.25) is 0 Å². The van der Waals surface area contributed by atoms with Gasteiger partial charge in [0.1, 0.15) is 0 Å². The maximum atomic E-state index is 11.9. The molecule has 0 spiro atoms. The molecule has 1 aromatic carbocycles. The molecule has 1 aromatic rings. The molecule has 0 unspecified atom stereocenters. The van der Waals surface area contributed by atoms with Crippen molar-refractivity contribution in [2.75, 3.05) is 27.2 Å². The molecular formula is C12H15Br2N3O2. The monoisotopic (exact) mass is 391 g/mol. The summed E-state index contributed by atoms with van der Waals surface area (Å²) in [4.78, 5) is 24.6. The first-order chi connectivity index (χ1) is 8.91. The van der Waals surface area contributed by atoms with Crippen molar-refractivity contribution in [3.05, 3.63) is 32.7 Å². The summed E-state index contributed by atoms with van der Waals surface area (Å²) in [6.07, 6.45) is 0. The van der Waals surface area contributed by atoms with Gasteiger partial charge in [-0.2, -0.15) is 0 Å². The Bertz CT molecular complexity index is 478. The van der Waals surface area contributed by atoms with Crippen molar-refractivity contribution in [1.29, 1.82) is 0 Å². The fourth-order valence-electron chi connectivity index (χ4n) is 1.27. The third kappa shape index (κ3) is 5.20. The first-order valence-corrected chi connectivity index (χ1v) is 7.19. The zero-order valence-electron chi connectivity index (χ0n) is 10.7. The van der Waals surface area contributed by atoms with Crippen LogP contribution in [0.4, 0.5) is 4.79 Å². The van der Waals surface area contributed by atoms with Crippen LogP contribution >= 0.6 is 31.9 Å². The smallest absolute Gasteiger partial charge is 0.316 e. The van der Waals surface area contributed by atoms with Crippen LogP contribution in [0.1, 0.15) is 10.4 Å². The summed E-state index contributed by atoms with van der Waals surface area (Å²) >= 11 is 6.66. The van der Waals surface area contributed by atoms with Crippen LogP contribution in [0.15, 0.2) is 27.1 Å². The van der Waals surface area contributed by atoms with Gasteiger partial charge in [-0.15, -0.1) is 0 Å². The molecule has 3 amide bonds. The molecule has 2 N–H and O–H groups in total. The Morgan fingerprint density at radius 2 is 1.79 bits per heavy atom. The molecule has 0 aliphatic rings. The van der Waals surface area contributed by atoms with Crippen molar-refractivity contribution >= 4 is 43.8 Å². The van der Waals surface area contributed by atoms with Crippen LogP contribution in [0.25, 0.3) is 0 Å². The van der Waals surface area contributed by atoms with Gasteiger partial charge in [-0.25, -0.2) is 4.79 Å². The molecule has 0 fully saturated rings. The summed E-state index contributed by atoms with van der Waals surface area (Å²) in [5, 5.41) is 5.40. The Kier molecular flexibility index (Phi) is 6.30. The van der Waals surface area contributed by atoms with Gasteiger partial charge in [-0.3, -0.25) is 4.79 Å². The third-order valence-electron chi connectivity index (χ3n) is 2.27. The average molecular weight is 393 g/mol. The highest BCUT2D eigenvalue weighted by Crippen LogP contribution is 2.21. The maximum absolute atomic E-state index is 11.9. The van der Waals surface area contributed by atoms with E-state index < -0.39 is 0 Å². The molecule has 0 heterocycles. The van der Waals surface area contributed by atoms with Crippen LogP contribution in [0.5, 0.6) is 0 Å². The number of nitrogens with one attached hydrogen (secondary N) is 2. The Labute approximate surface area is 129 Å². The first-order valence-electron chi connectivity index (χ1n) is 5.60. The molecule has 0 aliphatic heterocycles. The Hall–Kier alpha value is -1.08. The lowest BCUT2D eigenvalue weighted by Crippen LogP contribution is -2.39. The minimum Gasteiger partial charge on any atom is -0.350 e. The van der Waals surface area contributed by atoms with E-state index in [1.165, 1.54) is 4.90 Å². The summed E-state index contributed by atoms with van der Waals surface area (Å²) in [6.45, 7) is 0.762. The Morgan fingerprint density at radius 3 is 2.37 bits per heavy atom. The lowest BCUT2D eigenvalue weighted by molar-refractivity contribution is 0.0953. The summed E-state index contributed by atoms with van der Waals surface area (Å²) < 4.78 is 1.62. The Morgan fingerprint density at radius 1 is 1.16 bits per heavy atom. The predicted octanol–water partition coefficient (Wildman–Crippen LogP) is 2.21. The molecule has 1 rings (SSSR count). The van der Waals surface area contributed by atoms with E-state index in [4.69, 9.17) is 0 Å². The zero-order chi connectivity index (χ0) is 14.4. The molecule has 0 bridgehead atoms. The highest BCUT2D eigenvalue weighted by molar-refractivity contribution is 9.11. The van der Waals surface area contributed by atoms with Crippen LogP contribution in [0.3, 0.4) is 0 Å². The van der Waals surface area contributed by atoms with Crippen LogP contribution in [-0.2, 0) is 0 Å². The number of hydrogen-bond acceptors (Lipinski definition) is 2. The van der Waals surface area contributed by atoms with E-state index in [9.17, 15) is 9.59 Å². The van der Waals surface area contributed by atoms with Crippen molar-refractivity contribution in [3.63, 3.8) is 0 Å². The quantitative estimate of drug-likeness (QED) is 0.771. The molecule has 0 aromatic heterocycles. The molecule has 5 nitrogen and oxygen atoms in total. The predicted molar refractivity (Wildman–Crippen MR) is 81.3 cm³/mol. The first kappa shape index (κ1) is 16.0. The van der Waals surface area contributed by atoms with Crippen LogP contribution < -0.4 is 10.6 Å². The highest BCUT2D eigenvalue weighted by Gasteiger charge is 2.09. The van der Waals surface area contributed by atoms with Crippen molar-refractivity contribution in [3.8, 4) is 0 Å². The van der Waals surface area contributed by atoms with E-state index in [2.05, 4.69) is 42.5 Å². The lowest BCUT2D eigenvalue weighted by Gasteiger charge is -2.12. The summed E-state index contributed by atoms with van der Waals surface area (Å²) in [7, 11) is 3.32. The lowest BCUT2D eigenvalue weighted by atomic mass is 10.2. The van der Waals surface area contributed by atoms with Gasteiger partial charge < -0.3 is 15.5 Å². The second-order valence-electron chi connectivity index (χ2n) is 4.01. The molecule has 0 saturated heterocycles. The fraction of sp³-hybridized carbons (Fsp3) is 0.333. The van der Waals surface area contributed by atoms with Crippen molar-refractivity contribution in [2.45, 2.75) is 0 Å². The molecule has 7 heteroatoms. The second-order valence-corrected chi connectivity index (χ2v) is 5.78. The number of nitrogens with zero attached hydrogens (tertiary/aromatic N) is 1. The number of carbonyl (C=O) groups excluding carboxylic acids is 2. The van der Waals surface area contributed by atoms with Gasteiger partial charge in [-0.05, 0) is 34.1 Å². The van der Waals surface area contributed by atoms with E-state index in [-0.39, 0.29) is 11.9 Å². The van der Waals surface area contributed by atoms with Crippen molar-refractivity contribution < 1.29 is 9.59 Å². The molecule has 0 aliphatic carbocycles. The highest BCUT2D eigenvalue weighted by atomic mass is 79.9. The standard InChI is InChI=1S/C12H15Br2N3O2/c1-17(2)12(19)16-6-5-15-11(18)9-4-3-8(13)7-10(9)14/h3-4,7H,5-6H2,1-2H3,(H,15,18)(H,16,19). The maximum Gasteiger partial charge on any atom is 0.316 e. The zero-order valence-corrected chi connectivity index (χ0v) is 13.8. The largest absolute Gasteiger partial charge is 0.350 e. The van der Waals surface area contributed by atoms with Gasteiger partial charge >= 0.3 is 6.03 Å². The number of carbonyl (C=O) groups is 2. The van der Waals surface area contributed by atoms with E-state index >= 15 is 0 Å². The topological polar surface area (TPSA) is 61.4 Å². The Balaban J connectivity index is 2.41. The van der Waals surface area contributed by atoms with Crippen LogP contribution in [-0.4, -0.2) is 44.0 Å². The summed E-state index contributed by atoms with van der Waals surface area (Å²) in [5.41, 5.74) is 0.558. The van der Waals surface area contributed by atoms with E-state index in [1.54, 1.807) is 26.2 Å². The van der Waals surface area contributed by atoms with Gasteiger partial charge in [0.25, 0.3) is 5.91 Å². The number of benzene rings is 1. The molecule has 0 radical (unpaired) electrons. The normalized spacial score (nSPS) is 9.89. The van der Waals surface area contributed by atoms with Crippen molar-refractivity contribution in [1.82, 2.24) is 15.5 Å². The average Bonchev–Trinajstić information content (AvgIpc) is 2.33. The minimum absolute atomic E-state index is 0.181. The van der Waals surface area contributed by atoms with Crippen LogP contribution in [0, 0.1) is 0 Å². The van der Waals surface area contributed by atoms with Crippen molar-refractivity contribution in [2.24, 2.45) is 0 Å². The number of amides is 3. The fourth-order valence-corrected chi connectivity index (χ4v) is 2.50. The van der Waals surface area contributed by atoms with E-state index in [0.29, 0.717) is 18.7 Å². The van der Waals surface area contributed by atoms with E-state index in [0.717, 1.165) is 8.95 Å². The SMILES string of the molecule is CN(C)C(=O)NCCNC(=O)c1ccc(Br)cc1Br. The number of hydrogen-bond donors (Lipinski definition) is 2. The summed E-state index contributed by atoms with van der Waals surface area (Å²) in [5.74, 6) is -0.182. The molecule has 104 valence electrons.